The van der Waals surface area contributed by atoms with Crippen LogP contribution in [0.4, 0.5) is 8.78 Å². The molecule has 0 bridgehead atoms. The molecule has 1 aliphatic heterocycles. The van der Waals surface area contributed by atoms with E-state index in [2.05, 4.69) is 4.74 Å². The van der Waals surface area contributed by atoms with E-state index in [1.54, 1.807) is 19.2 Å². The summed E-state index contributed by atoms with van der Waals surface area (Å²) in [6.45, 7) is -1.78. The zero-order valence-electron chi connectivity index (χ0n) is 15.9. The Hall–Kier alpha value is -2.22. The number of ether oxygens (including phenoxy) is 3. The van der Waals surface area contributed by atoms with Crippen LogP contribution in [0.25, 0.3) is 0 Å². The van der Waals surface area contributed by atoms with Gasteiger partial charge >= 0.3 is 12.6 Å². The van der Waals surface area contributed by atoms with Crippen LogP contribution in [0.5, 0.6) is 5.75 Å². The second-order valence-corrected chi connectivity index (χ2v) is 7.49. The van der Waals surface area contributed by atoms with E-state index in [1.807, 2.05) is 0 Å². The summed E-state index contributed by atoms with van der Waals surface area (Å²) in [5, 5.41) is 0. The topological polar surface area (TPSA) is 65.1 Å². The van der Waals surface area contributed by atoms with Crippen LogP contribution in [-0.2, 0) is 25.6 Å². The van der Waals surface area contributed by atoms with Gasteiger partial charge in [0.25, 0.3) is 5.91 Å². The Labute approximate surface area is 162 Å². The molecule has 1 heterocycles. The van der Waals surface area contributed by atoms with Crippen LogP contribution < -0.4 is 4.74 Å². The summed E-state index contributed by atoms with van der Waals surface area (Å²) in [6.07, 6.45) is 3.66. The second-order valence-electron chi connectivity index (χ2n) is 7.49. The van der Waals surface area contributed by atoms with Gasteiger partial charge < -0.3 is 19.1 Å². The summed E-state index contributed by atoms with van der Waals surface area (Å²) in [7, 11) is 1.60. The standard InChI is InChI=1S/C20H25F2NO5/c1-23(11-14-3-5-15(6-4-14)28-19(21)22)17(24)12-27-18(25)16-7-10-26-13-20(16)8-2-9-20/h3-6,16,19H,2,7-13H2,1H3. The average molecular weight is 397 g/mol. The Balaban J connectivity index is 1.47. The number of hydrogen-bond donors (Lipinski definition) is 0. The monoisotopic (exact) mass is 397 g/mol. The molecular formula is C20H25F2NO5. The van der Waals surface area contributed by atoms with Gasteiger partial charge in [0.1, 0.15) is 5.75 Å². The molecular weight excluding hydrogens is 372 g/mol. The van der Waals surface area contributed by atoms with Gasteiger partial charge in [-0.25, -0.2) is 0 Å². The van der Waals surface area contributed by atoms with Crippen LogP contribution >= 0.6 is 0 Å². The first kappa shape index (κ1) is 20.5. The first-order valence-corrected chi connectivity index (χ1v) is 9.42. The van der Waals surface area contributed by atoms with Crippen molar-refractivity contribution < 1.29 is 32.6 Å². The number of halogens is 2. The zero-order valence-corrected chi connectivity index (χ0v) is 15.9. The average Bonchev–Trinajstić information content (AvgIpc) is 2.65. The fraction of sp³-hybridized carbons (Fsp3) is 0.600. The van der Waals surface area contributed by atoms with Gasteiger partial charge in [-0.1, -0.05) is 18.6 Å². The Bertz CT molecular complexity index is 690. The molecule has 1 saturated carbocycles. The predicted octanol–water partition coefficient (Wildman–Crippen LogP) is 3.00. The molecule has 8 heteroatoms. The minimum Gasteiger partial charge on any atom is -0.455 e. The molecule has 1 aliphatic carbocycles. The quantitative estimate of drug-likeness (QED) is 0.662. The third-order valence-electron chi connectivity index (χ3n) is 5.65. The molecule has 1 saturated heterocycles. The highest BCUT2D eigenvalue weighted by atomic mass is 19.3. The maximum Gasteiger partial charge on any atom is 0.387 e. The third-order valence-corrected chi connectivity index (χ3v) is 5.65. The zero-order chi connectivity index (χ0) is 20.1. The highest BCUT2D eigenvalue weighted by Crippen LogP contribution is 2.50. The minimum absolute atomic E-state index is 0.0584. The van der Waals surface area contributed by atoms with E-state index < -0.39 is 6.61 Å². The molecule has 2 fully saturated rings. The smallest absolute Gasteiger partial charge is 0.387 e. The van der Waals surface area contributed by atoms with Crippen molar-refractivity contribution in [1.82, 2.24) is 4.90 Å². The van der Waals surface area contributed by atoms with Crippen molar-refractivity contribution in [3.63, 3.8) is 0 Å². The number of benzene rings is 1. The third kappa shape index (κ3) is 4.79. The number of alkyl halides is 2. The van der Waals surface area contributed by atoms with Crippen molar-refractivity contribution in [3.05, 3.63) is 29.8 Å². The highest BCUT2D eigenvalue weighted by Gasteiger charge is 2.50. The number of nitrogens with zero attached hydrogens (tertiary/aromatic N) is 1. The fourth-order valence-electron chi connectivity index (χ4n) is 3.86. The minimum atomic E-state index is -2.88. The largest absolute Gasteiger partial charge is 0.455 e. The summed E-state index contributed by atoms with van der Waals surface area (Å²) in [4.78, 5) is 26.2. The number of hydrogen-bond acceptors (Lipinski definition) is 5. The van der Waals surface area contributed by atoms with Gasteiger partial charge in [0.05, 0.1) is 12.5 Å². The Morgan fingerprint density at radius 1 is 1.29 bits per heavy atom. The molecule has 0 N–H and O–H groups in total. The van der Waals surface area contributed by atoms with E-state index in [4.69, 9.17) is 9.47 Å². The normalized spacial score (nSPS) is 20.5. The maximum absolute atomic E-state index is 12.5. The van der Waals surface area contributed by atoms with Gasteiger partial charge in [-0.3, -0.25) is 9.59 Å². The van der Waals surface area contributed by atoms with Crippen LogP contribution in [0.15, 0.2) is 24.3 Å². The number of carbonyl (C=O) groups is 2. The maximum atomic E-state index is 12.5. The second kappa shape index (κ2) is 8.86. The molecule has 1 amide bonds. The molecule has 3 rings (SSSR count). The van der Waals surface area contributed by atoms with E-state index in [9.17, 15) is 18.4 Å². The van der Waals surface area contributed by atoms with E-state index in [0.717, 1.165) is 24.8 Å². The lowest BCUT2D eigenvalue weighted by Gasteiger charge is -2.48. The predicted molar refractivity (Wildman–Crippen MR) is 95.7 cm³/mol. The molecule has 1 aromatic rings. The van der Waals surface area contributed by atoms with Crippen molar-refractivity contribution in [3.8, 4) is 5.75 Å². The lowest BCUT2D eigenvalue weighted by molar-refractivity contribution is -0.173. The number of likely N-dealkylation sites (N-methyl/N-ethyl adjacent to an activating group) is 1. The summed E-state index contributed by atoms with van der Waals surface area (Å²) < 4.78 is 39.5. The molecule has 6 nitrogen and oxygen atoms in total. The SMILES string of the molecule is CN(Cc1ccc(OC(F)F)cc1)C(=O)COC(=O)C1CCOCC12CCC2. The lowest BCUT2D eigenvalue weighted by atomic mass is 9.60. The Morgan fingerprint density at radius 2 is 2.00 bits per heavy atom. The highest BCUT2D eigenvalue weighted by molar-refractivity contribution is 5.81. The van der Waals surface area contributed by atoms with Crippen molar-refractivity contribution in [2.24, 2.45) is 11.3 Å². The Kier molecular flexibility index (Phi) is 6.49. The first-order chi connectivity index (χ1) is 13.4. The molecule has 154 valence electrons. The molecule has 1 unspecified atom stereocenters. The van der Waals surface area contributed by atoms with Crippen LogP contribution in [0.2, 0.25) is 0 Å². The molecule has 0 radical (unpaired) electrons. The van der Waals surface area contributed by atoms with Crippen molar-refractivity contribution in [1.29, 1.82) is 0 Å². The van der Waals surface area contributed by atoms with Crippen LogP contribution in [0.1, 0.15) is 31.2 Å². The summed E-state index contributed by atoms with van der Waals surface area (Å²) in [5.41, 5.74) is 0.647. The van der Waals surface area contributed by atoms with Gasteiger partial charge in [-0.05, 0) is 37.0 Å². The van der Waals surface area contributed by atoms with Gasteiger partial charge in [0.15, 0.2) is 6.61 Å². The number of rotatable bonds is 7. The molecule has 28 heavy (non-hydrogen) atoms. The first-order valence-electron chi connectivity index (χ1n) is 9.42. The van der Waals surface area contributed by atoms with Crippen LogP contribution in [-0.4, -0.2) is 50.3 Å². The van der Waals surface area contributed by atoms with Crippen molar-refractivity contribution in [2.45, 2.75) is 38.8 Å². The van der Waals surface area contributed by atoms with E-state index in [0.29, 0.717) is 19.6 Å². The summed E-state index contributed by atoms with van der Waals surface area (Å²) in [5.74, 6) is -0.784. The van der Waals surface area contributed by atoms with Gasteiger partial charge in [-0.15, -0.1) is 0 Å². The van der Waals surface area contributed by atoms with Crippen LogP contribution in [0, 0.1) is 11.3 Å². The number of esters is 1. The van der Waals surface area contributed by atoms with Crippen LogP contribution in [0.3, 0.4) is 0 Å². The molecule has 1 aromatic carbocycles. The molecule has 0 aromatic heterocycles. The van der Waals surface area contributed by atoms with Gasteiger partial charge in [0.2, 0.25) is 0 Å². The van der Waals surface area contributed by atoms with Gasteiger partial charge in [0, 0.05) is 25.6 Å². The summed E-state index contributed by atoms with van der Waals surface area (Å²) >= 11 is 0. The number of amides is 1. The fourth-order valence-corrected chi connectivity index (χ4v) is 3.86. The van der Waals surface area contributed by atoms with Crippen molar-refractivity contribution in [2.75, 3.05) is 26.9 Å². The van der Waals surface area contributed by atoms with Gasteiger partial charge in [-0.2, -0.15) is 8.78 Å². The molecule has 1 spiro atoms. The lowest BCUT2D eigenvalue weighted by Crippen LogP contribution is -2.49. The van der Waals surface area contributed by atoms with E-state index >= 15 is 0 Å². The molecule has 2 aliphatic rings. The molecule has 1 atom stereocenters. The van der Waals surface area contributed by atoms with Crippen molar-refractivity contribution >= 4 is 11.9 Å². The van der Waals surface area contributed by atoms with E-state index in [1.165, 1.54) is 17.0 Å². The van der Waals surface area contributed by atoms with E-state index in [-0.39, 0.29) is 42.1 Å². The number of carbonyl (C=O) groups excluding carboxylic acids is 2. The summed E-state index contributed by atoms with van der Waals surface area (Å²) in [6, 6.07) is 6.05. The Morgan fingerprint density at radius 3 is 2.61 bits per heavy atom.